The molecule has 0 amide bonds. The van der Waals surface area contributed by atoms with E-state index in [4.69, 9.17) is 0 Å². The minimum atomic E-state index is -0.787. The van der Waals surface area contributed by atoms with Crippen molar-refractivity contribution < 1.29 is 15.0 Å². The molecule has 0 aromatic heterocycles. The Morgan fingerprint density at radius 3 is 2.55 bits per heavy atom. The zero-order chi connectivity index (χ0) is 15.0. The molecule has 1 aromatic rings. The lowest BCUT2D eigenvalue weighted by Gasteiger charge is -2.24. The summed E-state index contributed by atoms with van der Waals surface area (Å²) in [6, 6.07) is 3.95. The van der Waals surface area contributed by atoms with Crippen molar-refractivity contribution in [2.24, 2.45) is 17.8 Å². The Labute approximate surface area is 128 Å². The Morgan fingerprint density at radius 1 is 1.30 bits per heavy atom. The van der Waals surface area contributed by atoms with E-state index in [1.54, 1.807) is 0 Å². The maximum Gasteiger partial charge on any atom is 0.306 e. The molecule has 4 heteroatoms. The Morgan fingerprint density at radius 2 is 1.95 bits per heavy atom. The second kappa shape index (κ2) is 5.86. The van der Waals surface area contributed by atoms with Crippen LogP contribution in [-0.2, 0) is 4.79 Å². The van der Waals surface area contributed by atoms with E-state index in [9.17, 15) is 15.0 Å². The molecule has 4 unspecified atom stereocenters. The molecule has 0 radical (unpaired) electrons. The molecular formula is C16H21BrO3. The molecule has 1 saturated carbocycles. The van der Waals surface area contributed by atoms with Crippen molar-refractivity contribution in [3.63, 3.8) is 0 Å². The fraction of sp³-hybridized carbons (Fsp3) is 0.562. The average Bonchev–Trinajstić information content (AvgIpc) is 2.75. The number of aryl methyl sites for hydroxylation is 2. The molecule has 1 aliphatic rings. The van der Waals surface area contributed by atoms with Gasteiger partial charge in [0.25, 0.3) is 0 Å². The SMILES string of the molecule is Cc1cc(C(O)C2CC(C)CC2C(=O)O)c(C)cc1Br. The number of benzene rings is 1. The number of halogens is 1. The van der Waals surface area contributed by atoms with Gasteiger partial charge in [0.15, 0.2) is 0 Å². The first-order valence-corrected chi connectivity index (χ1v) is 7.78. The molecule has 110 valence electrons. The third kappa shape index (κ3) is 2.91. The van der Waals surface area contributed by atoms with E-state index in [0.29, 0.717) is 12.3 Å². The van der Waals surface area contributed by atoms with Crippen LogP contribution in [0.15, 0.2) is 16.6 Å². The maximum atomic E-state index is 11.4. The van der Waals surface area contributed by atoms with Gasteiger partial charge in [-0.3, -0.25) is 4.79 Å². The summed E-state index contributed by atoms with van der Waals surface area (Å²) in [6.45, 7) is 5.99. The maximum absolute atomic E-state index is 11.4. The highest BCUT2D eigenvalue weighted by Crippen LogP contribution is 2.44. The Bertz CT molecular complexity index is 527. The molecule has 2 N–H and O–H groups in total. The summed E-state index contributed by atoms with van der Waals surface area (Å²) in [5.41, 5.74) is 2.91. The summed E-state index contributed by atoms with van der Waals surface area (Å²) in [5, 5.41) is 20.0. The molecule has 3 nitrogen and oxygen atoms in total. The molecule has 2 rings (SSSR count). The zero-order valence-corrected chi connectivity index (χ0v) is 13.6. The van der Waals surface area contributed by atoms with Crippen LogP contribution in [0, 0.1) is 31.6 Å². The zero-order valence-electron chi connectivity index (χ0n) is 12.1. The molecule has 0 heterocycles. The summed E-state index contributed by atoms with van der Waals surface area (Å²) in [7, 11) is 0. The predicted molar refractivity (Wildman–Crippen MR) is 81.6 cm³/mol. The summed E-state index contributed by atoms with van der Waals surface area (Å²) in [4.78, 5) is 11.4. The molecule has 1 fully saturated rings. The minimum Gasteiger partial charge on any atom is -0.481 e. The van der Waals surface area contributed by atoms with Crippen molar-refractivity contribution in [3.8, 4) is 0 Å². The fourth-order valence-corrected chi connectivity index (χ4v) is 3.78. The lowest BCUT2D eigenvalue weighted by atomic mass is 9.85. The van der Waals surface area contributed by atoms with E-state index in [1.165, 1.54) is 0 Å². The van der Waals surface area contributed by atoms with Gasteiger partial charge in [0.1, 0.15) is 0 Å². The highest BCUT2D eigenvalue weighted by atomic mass is 79.9. The summed E-state index contributed by atoms with van der Waals surface area (Å²) in [6.07, 6.45) is 0.728. The number of aliphatic hydroxyl groups excluding tert-OH is 1. The van der Waals surface area contributed by atoms with Crippen molar-refractivity contribution in [1.82, 2.24) is 0 Å². The fourth-order valence-electron chi connectivity index (χ4n) is 3.32. The van der Waals surface area contributed by atoms with Crippen LogP contribution in [0.25, 0.3) is 0 Å². The van der Waals surface area contributed by atoms with Gasteiger partial charge in [-0.1, -0.05) is 28.9 Å². The average molecular weight is 341 g/mol. The highest BCUT2D eigenvalue weighted by molar-refractivity contribution is 9.10. The smallest absolute Gasteiger partial charge is 0.306 e. The van der Waals surface area contributed by atoms with Crippen LogP contribution in [0.2, 0.25) is 0 Å². The second-order valence-electron chi connectivity index (χ2n) is 6.09. The number of carbonyl (C=O) groups is 1. The van der Waals surface area contributed by atoms with Gasteiger partial charge >= 0.3 is 5.97 Å². The van der Waals surface area contributed by atoms with Crippen molar-refractivity contribution in [1.29, 1.82) is 0 Å². The van der Waals surface area contributed by atoms with Crippen LogP contribution in [0.4, 0.5) is 0 Å². The van der Waals surface area contributed by atoms with Gasteiger partial charge in [-0.15, -0.1) is 0 Å². The van der Waals surface area contributed by atoms with Gasteiger partial charge in [-0.2, -0.15) is 0 Å². The minimum absolute atomic E-state index is 0.193. The summed E-state index contributed by atoms with van der Waals surface area (Å²) < 4.78 is 1.01. The van der Waals surface area contributed by atoms with Crippen molar-refractivity contribution in [3.05, 3.63) is 33.3 Å². The quantitative estimate of drug-likeness (QED) is 0.878. The van der Waals surface area contributed by atoms with Gasteiger partial charge in [0.05, 0.1) is 12.0 Å². The molecule has 20 heavy (non-hydrogen) atoms. The van der Waals surface area contributed by atoms with Crippen LogP contribution < -0.4 is 0 Å². The first-order valence-electron chi connectivity index (χ1n) is 6.98. The number of carboxylic acid groups (broad SMARTS) is 1. The normalized spacial score (nSPS) is 27.6. The highest BCUT2D eigenvalue weighted by Gasteiger charge is 2.41. The van der Waals surface area contributed by atoms with Crippen LogP contribution in [0.5, 0.6) is 0 Å². The molecule has 0 saturated heterocycles. The first kappa shape index (κ1) is 15.5. The Kier molecular flexibility index (Phi) is 4.55. The number of hydrogen-bond donors (Lipinski definition) is 2. The molecule has 1 aromatic carbocycles. The van der Waals surface area contributed by atoms with Crippen molar-refractivity contribution in [2.45, 2.75) is 39.7 Å². The van der Waals surface area contributed by atoms with E-state index in [1.807, 2.05) is 26.0 Å². The Balaban J connectivity index is 2.33. The van der Waals surface area contributed by atoms with Crippen molar-refractivity contribution in [2.75, 3.05) is 0 Å². The van der Waals surface area contributed by atoms with Crippen LogP contribution >= 0.6 is 15.9 Å². The first-order chi connectivity index (χ1) is 9.31. The molecular weight excluding hydrogens is 320 g/mol. The lowest BCUT2D eigenvalue weighted by Crippen LogP contribution is -2.24. The largest absolute Gasteiger partial charge is 0.481 e. The standard InChI is InChI=1S/C16H21BrO3/c1-8-4-12(13(5-8)16(19)20)15(18)11-6-10(3)14(17)7-9(11)2/h6-8,12-13,15,18H,4-5H2,1-3H3,(H,19,20). The van der Waals surface area contributed by atoms with Gasteiger partial charge < -0.3 is 10.2 Å². The summed E-state index contributed by atoms with van der Waals surface area (Å²) in [5.74, 6) is -1.07. The predicted octanol–water partition coefficient (Wildman–Crippen LogP) is 3.85. The van der Waals surface area contributed by atoms with Gasteiger partial charge in [-0.25, -0.2) is 0 Å². The van der Waals surface area contributed by atoms with Crippen LogP contribution in [0.3, 0.4) is 0 Å². The summed E-state index contributed by atoms with van der Waals surface area (Å²) >= 11 is 3.48. The van der Waals surface area contributed by atoms with Gasteiger partial charge in [-0.05, 0) is 55.4 Å². The topological polar surface area (TPSA) is 57.5 Å². The number of carboxylic acids is 1. The van der Waals surface area contributed by atoms with E-state index >= 15 is 0 Å². The molecule has 4 atom stereocenters. The molecule has 0 aliphatic heterocycles. The lowest BCUT2D eigenvalue weighted by molar-refractivity contribution is -0.144. The molecule has 1 aliphatic carbocycles. The van der Waals surface area contributed by atoms with E-state index in [-0.39, 0.29) is 5.92 Å². The molecule has 0 bridgehead atoms. The number of hydrogen-bond acceptors (Lipinski definition) is 2. The monoisotopic (exact) mass is 340 g/mol. The van der Waals surface area contributed by atoms with E-state index in [0.717, 1.165) is 27.6 Å². The molecule has 0 spiro atoms. The van der Waals surface area contributed by atoms with Crippen molar-refractivity contribution >= 4 is 21.9 Å². The van der Waals surface area contributed by atoms with Gasteiger partial charge in [0, 0.05) is 10.4 Å². The van der Waals surface area contributed by atoms with Crippen LogP contribution in [0.1, 0.15) is 42.6 Å². The van der Waals surface area contributed by atoms with E-state index in [2.05, 4.69) is 22.9 Å². The second-order valence-corrected chi connectivity index (χ2v) is 6.94. The number of aliphatic carboxylic acids is 1. The van der Waals surface area contributed by atoms with Crippen LogP contribution in [-0.4, -0.2) is 16.2 Å². The third-order valence-corrected chi connectivity index (χ3v) is 5.29. The van der Waals surface area contributed by atoms with Gasteiger partial charge in [0.2, 0.25) is 0 Å². The third-order valence-electron chi connectivity index (χ3n) is 4.44. The Hall–Kier alpha value is -0.870. The number of rotatable bonds is 3. The van der Waals surface area contributed by atoms with E-state index < -0.39 is 18.0 Å². The number of aliphatic hydroxyl groups is 1.